The highest BCUT2D eigenvalue weighted by molar-refractivity contribution is 5.91. The number of anilines is 1. The molecule has 1 N–H and O–H groups in total. The third-order valence-corrected chi connectivity index (χ3v) is 4.84. The van der Waals surface area contributed by atoms with Crippen LogP contribution >= 0.6 is 0 Å². The summed E-state index contributed by atoms with van der Waals surface area (Å²) in [5, 5.41) is 11.1. The Hall–Kier alpha value is -4.20. The first kappa shape index (κ1) is 21.0. The molecule has 0 unspecified atom stereocenters. The van der Waals surface area contributed by atoms with Gasteiger partial charge in [0.1, 0.15) is 17.8 Å². The average molecular weight is 429 g/mol. The van der Waals surface area contributed by atoms with Crippen molar-refractivity contribution in [3.05, 3.63) is 83.9 Å². The number of hydrogen-bond acceptors (Lipinski definition) is 6. The zero-order valence-electron chi connectivity index (χ0n) is 18.1. The van der Waals surface area contributed by atoms with Crippen LogP contribution in [-0.2, 0) is 4.79 Å². The molecule has 2 heterocycles. The maximum Gasteiger partial charge on any atom is 0.262 e. The van der Waals surface area contributed by atoms with Crippen LogP contribution in [-0.4, -0.2) is 32.3 Å². The number of ether oxygens (including phenoxy) is 2. The van der Waals surface area contributed by atoms with Crippen molar-refractivity contribution in [2.75, 3.05) is 11.9 Å². The molecule has 32 heavy (non-hydrogen) atoms. The molecule has 0 atom stereocenters. The SMILES string of the molecule is Cc1cccc(OCC(=O)Nc2ccc(Oc3ccc(-n4cnc(C)c4C)nn3)cc2)c1. The molecule has 8 heteroatoms. The summed E-state index contributed by atoms with van der Waals surface area (Å²) in [7, 11) is 0. The first-order valence-electron chi connectivity index (χ1n) is 10.1. The maximum absolute atomic E-state index is 12.1. The van der Waals surface area contributed by atoms with E-state index in [1.807, 2.05) is 55.7 Å². The second-order valence-electron chi connectivity index (χ2n) is 7.29. The van der Waals surface area contributed by atoms with Gasteiger partial charge in [-0.25, -0.2) is 4.98 Å². The van der Waals surface area contributed by atoms with Crippen LogP contribution in [0.15, 0.2) is 67.0 Å². The Kier molecular flexibility index (Phi) is 6.12. The summed E-state index contributed by atoms with van der Waals surface area (Å²) in [6, 6.07) is 18.1. The van der Waals surface area contributed by atoms with Crippen molar-refractivity contribution >= 4 is 11.6 Å². The Bertz CT molecular complexity index is 1220. The topological polar surface area (TPSA) is 91.2 Å². The molecule has 0 saturated carbocycles. The van der Waals surface area contributed by atoms with Crippen molar-refractivity contribution in [2.24, 2.45) is 0 Å². The van der Waals surface area contributed by atoms with E-state index in [1.165, 1.54) is 0 Å². The van der Waals surface area contributed by atoms with E-state index in [-0.39, 0.29) is 12.5 Å². The van der Waals surface area contributed by atoms with E-state index in [0.29, 0.717) is 28.9 Å². The molecule has 0 fully saturated rings. The number of carbonyl (C=O) groups excluding carboxylic acids is 1. The van der Waals surface area contributed by atoms with Crippen LogP contribution in [0.3, 0.4) is 0 Å². The quantitative estimate of drug-likeness (QED) is 0.468. The Balaban J connectivity index is 1.31. The second kappa shape index (κ2) is 9.30. The van der Waals surface area contributed by atoms with Crippen molar-refractivity contribution in [2.45, 2.75) is 20.8 Å². The monoisotopic (exact) mass is 429 g/mol. The highest BCUT2D eigenvalue weighted by atomic mass is 16.5. The summed E-state index contributed by atoms with van der Waals surface area (Å²) >= 11 is 0. The molecule has 2 aromatic carbocycles. The van der Waals surface area contributed by atoms with Crippen LogP contribution in [0.5, 0.6) is 17.4 Å². The number of nitrogens with one attached hydrogen (secondary N) is 1. The van der Waals surface area contributed by atoms with Crippen LogP contribution < -0.4 is 14.8 Å². The predicted octanol–water partition coefficient (Wildman–Crippen LogP) is 4.40. The fraction of sp³-hybridized carbons (Fsp3) is 0.167. The fourth-order valence-electron chi connectivity index (χ4n) is 3.00. The number of imidazole rings is 1. The standard InChI is InChI=1S/C24H23N5O3/c1-16-5-4-6-21(13-16)31-14-23(30)26-19-7-9-20(10-8-19)32-24-12-11-22(27-28-24)29-15-25-17(2)18(29)3/h4-13,15H,14H2,1-3H3,(H,26,30). The van der Waals surface area contributed by atoms with E-state index in [4.69, 9.17) is 9.47 Å². The Labute approximate surface area is 185 Å². The normalized spacial score (nSPS) is 10.6. The zero-order valence-corrected chi connectivity index (χ0v) is 18.1. The fourth-order valence-corrected chi connectivity index (χ4v) is 3.00. The summed E-state index contributed by atoms with van der Waals surface area (Å²) in [4.78, 5) is 16.4. The van der Waals surface area contributed by atoms with Gasteiger partial charge in [-0.05, 0) is 68.8 Å². The lowest BCUT2D eigenvalue weighted by Crippen LogP contribution is -2.20. The molecule has 0 spiro atoms. The van der Waals surface area contributed by atoms with Crippen molar-refractivity contribution in [1.82, 2.24) is 19.7 Å². The number of aromatic nitrogens is 4. The summed E-state index contributed by atoms with van der Waals surface area (Å²) in [5.41, 5.74) is 3.67. The molecular formula is C24H23N5O3. The number of hydrogen-bond donors (Lipinski definition) is 1. The van der Waals surface area contributed by atoms with Gasteiger partial charge in [-0.3, -0.25) is 9.36 Å². The van der Waals surface area contributed by atoms with Gasteiger partial charge >= 0.3 is 0 Å². The number of nitrogens with zero attached hydrogens (tertiary/aromatic N) is 4. The molecule has 4 rings (SSSR count). The third-order valence-electron chi connectivity index (χ3n) is 4.84. The minimum Gasteiger partial charge on any atom is -0.484 e. The van der Waals surface area contributed by atoms with Crippen LogP contribution in [0, 0.1) is 20.8 Å². The van der Waals surface area contributed by atoms with Crippen molar-refractivity contribution in [3.8, 4) is 23.2 Å². The zero-order chi connectivity index (χ0) is 22.5. The molecule has 162 valence electrons. The molecule has 2 aromatic heterocycles. The van der Waals surface area contributed by atoms with E-state index in [0.717, 1.165) is 17.0 Å². The van der Waals surface area contributed by atoms with Crippen LogP contribution in [0.2, 0.25) is 0 Å². The second-order valence-corrected chi connectivity index (χ2v) is 7.29. The number of aryl methyl sites for hydroxylation is 2. The summed E-state index contributed by atoms with van der Waals surface area (Å²) in [6.45, 7) is 5.82. The molecule has 0 radical (unpaired) electrons. The summed E-state index contributed by atoms with van der Waals surface area (Å²) in [6.07, 6.45) is 1.72. The van der Waals surface area contributed by atoms with Gasteiger partial charge < -0.3 is 14.8 Å². The van der Waals surface area contributed by atoms with E-state index in [9.17, 15) is 4.79 Å². The largest absolute Gasteiger partial charge is 0.484 e. The number of carbonyl (C=O) groups is 1. The van der Waals surface area contributed by atoms with Crippen molar-refractivity contribution < 1.29 is 14.3 Å². The van der Waals surface area contributed by atoms with Gasteiger partial charge in [-0.1, -0.05) is 12.1 Å². The molecule has 0 aliphatic rings. The Morgan fingerprint density at radius 1 is 0.969 bits per heavy atom. The smallest absolute Gasteiger partial charge is 0.262 e. The molecule has 0 aliphatic carbocycles. The average Bonchev–Trinajstić information content (AvgIpc) is 3.13. The molecule has 0 aliphatic heterocycles. The summed E-state index contributed by atoms with van der Waals surface area (Å²) in [5.74, 6) is 2.03. The predicted molar refractivity (Wildman–Crippen MR) is 120 cm³/mol. The first-order chi connectivity index (χ1) is 15.5. The Morgan fingerprint density at radius 3 is 2.44 bits per heavy atom. The van der Waals surface area contributed by atoms with Gasteiger partial charge in [0.25, 0.3) is 5.91 Å². The van der Waals surface area contributed by atoms with Gasteiger partial charge in [0.05, 0.1) is 5.69 Å². The molecule has 8 nitrogen and oxygen atoms in total. The van der Waals surface area contributed by atoms with E-state index in [1.54, 1.807) is 36.7 Å². The third kappa shape index (κ3) is 5.10. The number of amides is 1. The van der Waals surface area contributed by atoms with Crippen LogP contribution in [0.25, 0.3) is 5.82 Å². The van der Waals surface area contributed by atoms with Gasteiger partial charge in [0, 0.05) is 17.4 Å². The van der Waals surface area contributed by atoms with E-state index in [2.05, 4.69) is 20.5 Å². The Morgan fingerprint density at radius 2 is 1.78 bits per heavy atom. The first-order valence-corrected chi connectivity index (χ1v) is 10.1. The van der Waals surface area contributed by atoms with Gasteiger partial charge in [0.2, 0.25) is 5.88 Å². The van der Waals surface area contributed by atoms with Gasteiger partial charge in [-0.2, -0.15) is 0 Å². The van der Waals surface area contributed by atoms with Gasteiger partial charge in [-0.15, -0.1) is 10.2 Å². The highest BCUT2D eigenvalue weighted by Gasteiger charge is 2.08. The van der Waals surface area contributed by atoms with Crippen LogP contribution in [0.4, 0.5) is 5.69 Å². The van der Waals surface area contributed by atoms with Crippen molar-refractivity contribution in [3.63, 3.8) is 0 Å². The minimum absolute atomic E-state index is 0.0699. The molecular weight excluding hydrogens is 406 g/mol. The molecule has 4 aromatic rings. The maximum atomic E-state index is 12.1. The van der Waals surface area contributed by atoms with E-state index >= 15 is 0 Å². The van der Waals surface area contributed by atoms with Crippen molar-refractivity contribution in [1.29, 1.82) is 0 Å². The molecule has 0 saturated heterocycles. The number of rotatable bonds is 7. The summed E-state index contributed by atoms with van der Waals surface area (Å²) < 4.78 is 13.1. The van der Waals surface area contributed by atoms with Gasteiger partial charge in [0.15, 0.2) is 12.4 Å². The lowest BCUT2D eigenvalue weighted by Gasteiger charge is -2.09. The lowest BCUT2D eigenvalue weighted by atomic mass is 10.2. The molecule has 1 amide bonds. The number of benzene rings is 2. The highest BCUT2D eigenvalue weighted by Crippen LogP contribution is 2.22. The minimum atomic E-state index is -0.244. The van der Waals surface area contributed by atoms with Crippen LogP contribution in [0.1, 0.15) is 17.0 Å². The van der Waals surface area contributed by atoms with E-state index < -0.39 is 0 Å². The molecule has 0 bridgehead atoms. The lowest BCUT2D eigenvalue weighted by molar-refractivity contribution is -0.118.